The number of carbonyl (C=O) groups is 1. The minimum absolute atomic E-state index is 0.00552. The molecule has 2 N–H and O–H groups in total. The van der Waals surface area contributed by atoms with Gasteiger partial charge in [0.25, 0.3) is 0 Å². The van der Waals surface area contributed by atoms with Gasteiger partial charge in [-0.3, -0.25) is 4.79 Å². The fourth-order valence-corrected chi connectivity index (χ4v) is 1.88. The van der Waals surface area contributed by atoms with E-state index in [1.165, 1.54) is 0 Å². The largest absolute Gasteiger partial charge is 0.330 e. The highest BCUT2D eigenvalue weighted by atomic mass is 35.5. The lowest BCUT2D eigenvalue weighted by atomic mass is 10.0. The van der Waals surface area contributed by atoms with Crippen LogP contribution in [-0.2, 0) is 6.42 Å². The molecule has 0 bridgehead atoms. The SMILES string of the molecule is NCCc1ccc(C(=O)c2ccc(Cl)cc2)cc1. The Labute approximate surface area is 111 Å². The number of halogens is 1. The van der Waals surface area contributed by atoms with E-state index in [4.69, 9.17) is 17.3 Å². The molecule has 2 nitrogen and oxygen atoms in total. The Morgan fingerprint density at radius 2 is 1.44 bits per heavy atom. The highest BCUT2D eigenvalue weighted by Crippen LogP contribution is 2.14. The van der Waals surface area contributed by atoms with Crippen molar-refractivity contribution in [3.05, 3.63) is 70.2 Å². The zero-order valence-corrected chi connectivity index (χ0v) is 10.7. The fraction of sp³-hybridized carbons (Fsp3) is 0.133. The van der Waals surface area contributed by atoms with E-state index in [9.17, 15) is 4.79 Å². The van der Waals surface area contributed by atoms with E-state index in [0.29, 0.717) is 22.7 Å². The molecule has 0 aliphatic rings. The standard InChI is InChI=1S/C15H14ClNO/c16-14-7-5-13(6-8-14)15(18)12-3-1-11(2-4-12)9-10-17/h1-8H,9-10,17H2. The molecular formula is C15H14ClNO. The van der Waals surface area contributed by atoms with Gasteiger partial charge < -0.3 is 5.73 Å². The van der Waals surface area contributed by atoms with Gasteiger partial charge in [-0.2, -0.15) is 0 Å². The molecule has 0 amide bonds. The Kier molecular flexibility index (Phi) is 4.13. The minimum atomic E-state index is 0.00552. The predicted octanol–water partition coefficient (Wildman–Crippen LogP) is 3.07. The first kappa shape index (κ1) is 12.8. The van der Waals surface area contributed by atoms with Crippen molar-refractivity contribution >= 4 is 17.4 Å². The van der Waals surface area contributed by atoms with Crippen LogP contribution in [0, 0.1) is 0 Å². The molecule has 18 heavy (non-hydrogen) atoms. The van der Waals surface area contributed by atoms with Gasteiger partial charge in [0.05, 0.1) is 0 Å². The molecule has 0 aliphatic heterocycles. The Morgan fingerprint density at radius 3 is 1.94 bits per heavy atom. The molecule has 0 heterocycles. The number of carbonyl (C=O) groups excluding carboxylic acids is 1. The zero-order valence-electron chi connectivity index (χ0n) is 9.90. The lowest BCUT2D eigenvalue weighted by Crippen LogP contribution is -2.04. The van der Waals surface area contributed by atoms with Crippen molar-refractivity contribution in [1.29, 1.82) is 0 Å². The summed E-state index contributed by atoms with van der Waals surface area (Å²) in [6.45, 7) is 0.616. The van der Waals surface area contributed by atoms with Gasteiger partial charge >= 0.3 is 0 Å². The van der Waals surface area contributed by atoms with Crippen LogP contribution in [0.1, 0.15) is 21.5 Å². The first-order chi connectivity index (χ1) is 8.70. The Morgan fingerprint density at radius 1 is 0.944 bits per heavy atom. The van der Waals surface area contributed by atoms with Crippen LogP contribution >= 0.6 is 11.6 Å². The van der Waals surface area contributed by atoms with Crippen LogP contribution in [0.3, 0.4) is 0 Å². The van der Waals surface area contributed by atoms with Gasteiger partial charge in [0.1, 0.15) is 0 Å². The average molecular weight is 260 g/mol. The van der Waals surface area contributed by atoms with Crippen LogP contribution in [0.5, 0.6) is 0 Å². The maximum Gasteiger partial charge on any atom is 0.193 e. The van der Waals surface area contributed by atoms with Crippen LogP contribution in [-0.4, -0.2) is 12.3 Å². The van der Waals surface area contributed by atoms with E-state index in [1.807, 2.05) is 24.3 Å². The number of hydrogen-bond donors (Lipinski definition) is 1. The van der Waals surface area contributed by atoms with Crippen molar-refractivity contribution < 1.29 is 4.79 Å². The van der Waals surface area contributed by atoms with E-state index in [1.54, 1.807) is 24.3 Å². The van der Waals surface area contributed by atoms with Gasteiger partial charge in [-0.1, -0.05) is 35.9 Å². The summed E-state index contributed by atoms with van der Waals surface area (Å²) in [6.07, 6.45) is 0.829. The highest BCUT2D eigenvalue weighted by Gasteiger charge is 2.08. The first-order valence-corrected chi connectivity index (χ1v) is 6.18. The summed E-state index contributed by atoms with van der Waals surface area (Å²) in [7, 11) is 0. The van der Waals surface area contributed by atoms with Crippen LogP contribution in [0.15, 0.2) is 48.5 Å². The molecule has 0 aliphatic carbocycles. The second-order valence-corrected chi connectivity index (χ2v) is 4.51. The maximum atomic E-state index is 12.2. The summed E-state index contributed by atoms with van der Waals surface area (Å²) in [5.41, 5.74) is 7.95. The van der Waals surface area contributed by atoms with E-state index in [2.05, 4.69) is 0 Å². The normalized spacial score (nSPS) is 10.3. The molecule has 0 saturated heterocycles. The number of benzene rings is 2. The van der Waals surface area contributed by atoms with Gasteiger partial charge in [-0.05, 0) is 42.8 Å². The summed E-state index contributed by atoms with van der Waals surface area (Å²) in [5.74, 6) is 0.00552. The highest BCUT2D eigenvalue weighted by molar-refractivity contribution is 6.30. The van der Waals surface area contributed by atoms with Crippen molar-refractivity contribution in [2.24, 2.45) is 5.73 Å². The lowest BCUT2D eigenvalue weighted by Gasteiger charge is -2.03. The second kappa shape index (κ2) is 5.80. The molecule has 0 unspecified atom stereocenters. The quantitative estimate of drug-likeness (QED) is 0.858. The summed E-state index contributed by atoms with van der Waals surface area (Å²) in [5, 5.41) is 0.629. The van der Waals surface area contributed by atoms with Crippen molar-refractivity contribution in [2.75, 3.05) is 6.54 Å². The molecule has 0 spiro atoms. The topological polar surface area (TPSA) is 43.1 Å². The molecule has 2 aromatic carbocycles. The summed E-state index contributed by atoms with van der Waals surface area (Å²) in [6, 6.07) is 14.5. The second-order valence-electron chi connectivity index (χ2n) is 4.07. The number of rotatable bonds is 4. The molecule has 0 fully saturated rings. The van der Waals surface area contributed by atoms with Gasteiger partial charge in [0.2, 0.25) is 0 Å². The Hall–Kier alpha value is -1.64. The van der Waals surface area contributed by atoms with Crippen molar-refractivity contribution in [3.8, 4) is 0 Å². The Bertz CT molecular complexity index is 531. The third-order valence-corrected chi connectivity index (χ3v) is 3.01. The molecule has 0 saturated carbocycles. The predicted molar refractivity (Wildman–Crippen MR) is 74.1 cm³/mol. The van der Waals surface area contributed by atoms with Crippen LogP contribution < -0.4 is 5.73 Å². The van der Waals surface area contributed by atoms with Crippen LogP contribution in [0.2, 0.25) is 5.02 Å². The van der Waals surface area contributed by atoms with E-state index in [0.717, 1.165) is 12.0 Å². The zero-order chi connectivity index (χ0) is 13.0. The van der Waals surface area contributed by atoms with E-state index >= 15 is 0 Å². The molecule has 3 heteroatoms. The number of nitrogens with two attached hydrogens (primary N) is 1. The molecule has 92 valence electrons. The molecule has 0 atom stereocenters. The third-order valence-electron chi connectivity index (χ3n) is 2.76. The van der Waals surface area contributed by atoms with Gasteiger partial charge in [-0.25, -0.2) is 0 Å². The Balaban J connectivity index is 2.20. The molecule has 0 aromatic heterocycles. The number of hydrogen-bond acceptors (Lipinski definition) is 2. The van der Waals surface area contributed by atoms with E-state index < -0.39 is 0 Å². The number of ketones is 1. The first-order valence-electron chi connectivity index (χ1n) is 5.80. The maximum absolute atomic E-state index is 12.2. The smallest absolute Gasteiger partial charge is 0.193 e. The molecule has 2 aromatic rings. The van der Waals surface area contributed by atoms with Gasteiger partial charge in [0.15, 0.2) is 5.78 Å². The van der Waals surface area contributed by atoms with Gasteiger partial charge in [-0.15, -0.1) is 0 Å². The average Bonchev–Trinajstić information content (AvgIpc) is 2.40. The summed E-state index contributed by atoms with van der Waals surface area (Å²) in [4.78, 5) is 12.2. The molecule has 0 radical (unpaired) electrons. The summed E-state index contributed by atoms with van der Waals surface area (Å²) < 4.78 is 0. The fourth-order valence-electron chi connectivity index (χ4n) is 1.76. The van der Waals surface area contributed by atoms with Crippen molar-refractivity contribution in [3.63, 3.8) is 0 Å². The molecular weight excluding hydrogens is 246 g/mol. The summed E-state index contributed by atoms with van der Waals surface area (Å²) >= 11 is 5.79. The monoisotopic (exact) mass is 259 g/mol. The van der Waals surface area contributed by atoms with Gasteiger partial charge in [0, 0.05) is 16.1 Å². The van der Waals surface area contributed by atoms with Crippen LogP contribution in [0.4, 0.5) is 0 Å². The third kappa shape index (κ3) is 2.97. The van der Waals surface area contributed by atoms with Crippen molar-refractivity contribution in [1.82, 2.24) is 0 Å². The lowest BCUT2D eigenvalue weighted by molar-refractivity contribution is 0.103. The minimum Gasteiger partial charge on any atom is -0.330 e. The van der Waals surface area contributed by atoms with Crippen molar-refractivity contribution in [2.45, 2.75) is 6.42 Å². The molecule has 2 rings (SSSR count). The van der Waals surface area contributed by atoms with E-state index in [-0.39, 0.29) is 5.78 Å². The van der Waals surface area contributed by atoms with Crippen LogP contribution in [0.25, 0.3) is 0 Å².